The summed E-state index contributed by atoms with van der Waals surface area (Å²) in [5, 5.41) is 0. The zero-order valence-electron chi connectivity index (χ0n) is 8.70. The first-order valence-electron chi connectivity index (χ1n) is 4.82. The fourth-order valence-corrected chi connectivity index (χ4v) is 1.77. The fraction of sp³-hybridized carbons (Fsp3) is 0.455. The Kier molecular flexibility index (Phi) is 4.73. The summed E-state index contributed by atoms with van der Waals surface area (Å²) in [6.07, 6.45) is 0. The van der Waals surface area contributed by atoms with E-state index in [1.165, 1.54) is 6.07 Å². The molecule has 1 nitrogen and oxygen atoms in total. The molecule has 0 spiro atoms. The lowest BCUT2D eigenvalue weighted by Gasteiger charge is -2.16. The van der Waals surface area contributed by atoms with E-state index in [1.807, 2.05) is 0 Å². The predicted octanol–water partition coefficient (Wildman–Crippen LogP) is 3.02. The Hall–Kier alpha value is -1.10. The first kappa shape index (κ1) is 13.0. The van der Waals surface area contributed by atoms with Gasteiger partial charge in [0.15, 0.2) is 0 Å². The van der Waals surface area contributed by atoms with Crippen LogP contribution in [0.1, 0.15) is 27.8 Å². The molecule has 0 amide bonds. The van der Waals surface area contributed by atoms with Gasteiger partial charge in [0.1, 0.15) is 26.7 Å². The second-order valence-corrected chi connectivity index (χ2v) is 3.37. The lowest BCUT2D eigenvalue weighted by molar-refractivity contribution is 0.434. The molecule has 2 N–H and O–H groups in total. The summed E-state index contributed by atoms with van der Waals surface area (Å²) in [7, 11) is 0. The van der Waals surface area contributed by atoms with Crippen molar-refractivity contribution >= 4 is 0 Å². The average Bonchev–Trinajstić information content (AvgIpc) is 2.35. The minimum absolute atomic E-state index is 0.0489. The molecule has 0 bridgehead atoms. The Morgan fingerprint density at radius 1 is 0.750 bits per heavy atom. The van der Waals surface area contributed by atoms with Gasteiger partial charge in [0.2, 0.25) is 0 Å². The van der Waals surface area contributed by atoms with Crippen LogP contribution in [0, 0.1) is 0 Å². The van der Waals surface area contributed by atoms with Crippen molar-refractivity contribution < 1.29 is 17.6 Å². The molecule has 90 valence electrons. The molecule has 0 aliphatic carbocycles. The third-order valence-electron chi connectivity index (χ3n) is 2.61. The minimum atomic E-state index is -0.925. The van der Waals surface area contributed by atoms with Gasteiger partial charge in [-0.05, 0) is 33.9 Å². The SMILES string of the molecule is NCc1c(CF)c(CF)cc(CF)c1CF. The van der Waals surface area contributed by atoms with E-state index in [9.17, 15) is 17.6 Å². The summed E-state index contributed by atoms with van der Waals surface area (Å²) >= 11 is 0. The topological polar surface area (TPSA) is 26.0 Å². The van der Waals surface area contributed by atoms with Gasteiger partial charge in [0.05, 0.1) is 0 Å². The number of benzene rings is 1. The van der Waals surface area contributed by atoms with Crippen LogP contribution in [0.5, 0.6) is 0 Å². The predicted molar refractivity (Wildman–Crippen MR) is 53.6 cm³/mol. The third kappa shape index (κ3) is 2.19. The third-order valence-corrected chi connectivity index (χ3v) is 2.61. The van der Waals surface area contributed by atoms with E-state index < -0.39 is 26.7 Å². The first-order chi connectivity index (χ1) is 7.73. The standard InChI is InChI=1S/C11H13F4N/c12-2-7-1-8(3-13)10(5-15)11(6-16)9(7)4-14/h1H,2-6,16H2. The number of halogens is 4. The molecule has 0 aliphatic rings. The molecular formula is C11H13F4N. The number of hydrogen-bond acceptors (Lipinski definition) is 1. The highest BCUT2D eigenvalue weighted by atomic mass is 19.1. The van der Waals surface area contributed by atoms with E-state index in [4.69, 9.17) is 5.73 Å². The van der Waals surface area contributed by atoms with E-state index in [1.54, 1.807) is 0 Å². The molecule has 0 unspecified atom stereocenters. The van der Waals surface area contributed by atoms with Crippen molar-refractivity contribution in [2.24, 2.45) is 5.73 Å². The van der Waals surface area contributed by atoms with Crippen LogP contribution < -0.4 is 5.73 Å². The normalized spacial score (nSPS) is 10.8. The molecule has 1 aromatic carbocycles. The number of nitrogens with two attached hydrogens (primary N) is 1. The molecule has 0 fully saturated rings. The van der Waals surface area contributed by atoms with Crippen molar-refractivity contribution in [3.05, 3.63) is 33.9 Å². The van der Waals surface area contributed by atoms with Gasteiger partial charge in [-0.15, -0.1) is 0 Å². The van der Waals surface area contributed by atoms with Gasteiger partial charge in [0.25, 0.3) is 0 Å². The molecule has 1 aromatic rings. The molecular weight excluding hydrogens is 222 g/mol. The largest absolute Gasteiger partial charge is 0.326 e. The molecule has 0 heterocycles. The van der Waals surface area contributed by atoms with Crippen molar-refractivity contribution in [2.75, 3.05) is 0 Å². The Bertz CT molecular complexity index is 335. The van der Waals surface area contributed by atoms with Crippen LogP contribution in [0.2, 0.25) is 0 Å². The summed E-state index contributed by atoms with van der Waals surface area (Å²) in [4.78, 5) is 0. The lowest BCUT2D eigenvalue weighted by atomic mass is 9.93. The number of rotatable bonds is 5. The maximum atomic E-state index is 12.7. The molecule has 0 aromatic heterocycles. The minimum Gasteiger partial charge on any atom is -0.326 e. The van der Waals surface area contributed by atoms with E-state index in [-0.39, 0.29) is 34.4 Å². The van der Waals surface area contributed by atoms with Crippen LogP contribution in [-0.2, 0) is 33.2 Å². The molecule has 0 aliphatic heterocycles. The van der Waals surface area contributed by atoms with Crippen molar-refractivity contribution in [3.8, 4) is 0 Å². The van der Waals surface area contributed by atoms with Crippen LogP contribution in [0.15, 0.2) is 6.07 Å². The summed E-state index contributed by atoms with van der Waals surface area (Å²) in [5.74, 6) is 0. The Morgan fingerprint density at radius 3 is 1.44 bits per heavy atom. The molecule has 0 atom stereocenters. The zero-order chi connectivity index (χ0) is 12.1. The molecule has 0 saturated carbocycles. The number of alkyl halides is 4. The molecule has 5 heteroatoms. The van der Waals surface area contributed by atoms with Gasteiger partial charge in [-0.2, -0.15) is 0 Å². The van der Waals surface area contributed by atoms with Crippen LogP contribution in [0.3, 0.4) is 0 Å². The Labute approximate surface area is 91.3 Å². The Morgan fingerprint density at radius 2 is 1.19 bits per heavy atom. The average molecular weight is 235 g/mol. The fourth-order valence-electron chi connectivity index (χ4n) is 1.77. The van der Waals surface area contributed by atoms with Gasteiger partial charge in [-0.3, -0.25) is 0 Å². The van der Waals surface area contributed by atoms with E-state index >= 15 is 0 Å². The van der Waals surface area contributed by atoms with Gasteiger partial charge >= 0.3 is 0 Å². The van der Waals surface area contributed by atoms with Crippen LogP contribution in [0.25, 0.3) is 0 Å². The second kappa shape index (κ2) is 5.84. The highest BCUT2D eigenvalue weighted by Crippen LogP contribution is 2.26. The molecule has 0 radical (unpaired) electrons. The smallest absolute Gasteiger partial charge is 0.115 e. The van der Waals surface area contributed by atoms with E-state index in [0.29, 0.717) is 0 Å². The molecule has 0 saturated heterocycles. The van der Waals surface area contributed by atoms with Crippen LogP contribution in [-0.4, -0.2) is 0 Å². The quantitative estimate of drug-likeness (QED) is 0.780. The van der Waals surface area contributed by atoms with Gasteiger partial charge in [-0.1, -0.05) is 0 Å². The first-order valence-corrected chi connectivity index (χ1v) is 4.82. The van der Waals surface area contributed by atoms with Crippen molar-refractivity contribution in [1.29, 1.82) is 0 Å². The summed E-state index contributed by atoms with van der Waals surface area (Å²) in [6.45, 7) is -3.80. The van der Waals surface area contributed by atoms with Crippen molar-refractivity contribution in [1.82, 2.24) is 0 Å². The van der Waals surface area contributed by atoms with E-state index in [2.05, 4.69) is 0 Å². The van der Waals surface area contributed by atoms with Crippen LogP contribution in [0.4, 0.5) is 17.6 Å². The lowest BCUT2D eigenvalue weighted by Crippen LogP contribution is -2.10. The monoisotopic (exact) mass is 235 g/mol. The maximum Gasteiger partial charge on any atom is 0.115 e. The molecule has 16 heavy (non-hydrogen) atoms. The van der Waals surface area contributed by atoms with Crippen molar-refractivity contribution in [3.63, 3.8) is 0 Å². The summed E-state index contributed by atoms with van der Waals surface area (Å²) < 4.78 is 50.7. The van der Waals surface area contributed by atoms with Crippen molar-refractivity contribution in [2.45, 2.75) is 33.2 Å². The summed E-state index contributed by atoms with van der Waals surface area (Å²) in [5.41, 5.74) is 5.76. The zero-order valence-corrected chi connectivity index (χ0v) is 8.70. The Balaban J connectivity index is 3.47. The van der Waals surface area contributed by atoms with Gasteiger partial charge in [-0.25, -0.2) is 17.6 Å². The van der Waals surface area contributed by atoms with E-state index in [0.717, 1.165) is 0 Å². The van der Waals surface area contributed by atoms with Crippen LogP contribution >= 0.6 is 0 Å². The maximum absolute atomic E-state index is 12.7. The highest BCUT2D eigenvalue weighted by Gasteiger charge is 2.16. The number of hydrogen-bond donors (Lipinski definition) is 1. The second-order valence-electron chi connectivity index (χ2n) is 3.37. The van der Waals surface area contributed by atoms with Gasteiger partial charge < -0.3 is 5.73 Å². The molecule has 1 rings (SSSR count). The highest BCUT2D eigenvalue weighted by molar-refractivity contribution is 5.45. The van der Waals surface area contributed by atoms with Gasteiger partial charge in [0, 0.05) is 6.54 Å². The summed E-state index contributed by atoms with van der Waals surface area (Å²) in [6, 6.07) is 1.17.